The van der Waals surface area contributed by atoms with Gasteiger partial charge >= 0.3 is 6.18 Å². The maximum Gasteiger partial charge on any atom is 0.435 e. The summed E-state index contributed by atoms with van der Waals surface area (Å²) < 4.78 is 41.2. The highest BCUT2D eigenvalue weighted by Gasteiger charge is 2.34. The molecule has 0 unspecified atom stereocenters. The molecule has 2 heterocycles. The molecule has 0 aliphatic rings. The van der Waals surface area contributed by atoms with Crippen molar-refractivity contribution in [3.8, 4) is 0 Å². The standard InChI is InChI=1S/C17H18F3N5O/c1-10(9-25-11(2)8-14(23-25)17(18,19)20)15(26)22-16-21-12-6-4-5-7-13(12)24(16)3/h4-8,10H,9H2,1-3H3,(H,21,22,26)/t10-/m1/s1. The lowest BCUT2D eigenvalue weighted by Gasteiger charge is -2.13. The van der Waals surface area contributed by atoms with Crippen LogP contribution in [0.4, 0.5) is 19.1 Å². The normalized spacial score (nSPS) is 13.2. The van der Waals surface area contributed by atoms with Crippen LogP contribution in [0.15, 0.2) is 30.3 Å². The van der Waals surface area contributed by atoms with Crippen molar-refractivity contribution in [2.24, 2.45) is 13.0 Å². The maximum atomic E-state index is 12.7. The summed E-state index contributed by atoms with van der Waals surface area (Å²) in [7, 11) is 1.78. The third-order valence-electron chi connectivity index (χ3n) is 4.19. The van der Waals surface area contributed by atoms with E-state index in [0.29, 0.717) is 11.6 Å². The van der Waals surface area contributed by atoms with Crippen molar-refractivity contribution in [3.05, 3.63) is 41.7 Å². The van der Waals surface area contributed by atoms with Gasteiger partial charge in [-0.1, -0.05) is 19.1 Å². The molecular formula is C17H18F3N5O. The topological polar surface area (TPSA) is 64.7 Å². The fourth-order valence-corrected chi connectivity index (χ4v) is 2.67. The van der Waals surface area contributed by atoms with Gasteiger partial charge in [0.2, 0.25) is 11.9 Å². The zero-order chi connectivity index (χ0) is 19.1. The van der Waals surface area contributed by atoms with E-state index in [9.17, 15) is 18.0 Å². The monoisotopic (exact) mass is 365 g/mol. The number of aryl methyl sites for hydroxylation is 2. The molecule has 1 N–H and O–H groups in total. The second-order valence-electron chi connectivity index (χ2n) is 6.22. The van der Waals surface area contributed by atoms with Crippen LogP contribution in [-0.4, -0.2) is 25.2 Å². The summed E-state index contributed by atoms with van der Waals surface area (Å²) in [6.45, 7) is 3.20. The van der Waals surface area contributed by atoms with Crippen molar-refractivity contribution in [1.82, 2.24) is 19.3 Å². The molecule has 2 aromatic heterocycles. The Bertz CT molecular complexity index is 957. The van der Waals surface area contributed by atoms with Gasteiger partial charge in [0.05, 0.1) is 23.5 Å². The first-order valence-electron chi connectivity index (χ1n) is 8.01. The molecule has 0 aliphatic heterocycles. The highest BCUT2D eigenvalue weighted by molar-refractivity contribution is 5.92. The van der Waals surface area contributed by atoms with Crippen LogP contribution in [0.3, 0.4) is 0 Å². The molecule has 0 spiro atoms. The van der Waals surface area contributed by atoms with E-state index in [2.05, 4.69) is 15.4 Å². The predicted molar refractivity (Wildman–Crippen MR) is 90.5 cm³/mol. The number of amides is 1. The van der Waals surface area contributed by atoms with Crippen molar-refractivity contribution >= 4 is 22.9 Å². The molecule has 26 heavy (non-hydrogen) atoms. The number of nitrogens with zero attached hydrogens (tertiary/aromatic N) is 4. The van der Waals surface area contributed by atoms with E-state index in [4.69, 9.17) is 0 Å². The van der Waals surface area contributed by atoms with Gasteiger partial charge in [-0.3, -0.25) is 14.8 Å². The quantitative estimate of drug-likeness (QED) is 0.771. The van der Waals surface area contributed by atoms with E-state index in [0.717, 1.165) is 17.1 Å². The molecule has 0 fully saturated rings. The Morgan fingerprint density at radius 3 is 2.62 bits per heavy atom. The van der Waals surface area contributed by atoms with Crippen LogP contribution in [0, 0.1) is 12.8 Å². The minimum atomic E-state index is -4.51. The van der Waals surface area contributed by atoms with Crippen LogP contribution in [-0.2, 0) is 24.6 Å². The first-order chi connectivity index (χ1) is 12.2. The average molecular weight is 365 g/mol. The number of para-hydroxylation sites is 2. The van der Waals surface area contributed by atoms with Crippen LogP contribution in [0.5, 0.6) is 0 Å². The van der Waals surface area contributed by atoms with E-state index >= 15 is 0 Å². The van der Waals surface area contributed by atoms with Gasteiger partial charge < -0.3 is 4.57 Å². The van der Waals surface area contributed by atoms with Crippen LogP contribution in [0.25, 0.3) is 11.0 Å². The van der Waals surface area contributed by atoms with E-state index in [1.807, 2.05) is 24.3 Å². The van der Waals surface area contributed by atoms with Crippen molar-refractivity contribution in [1.29, 1.82) is 0 Å². The third kappa shape index (κ3) is 3.42. The lowest BCUT2D eigenvalue weighted by atomic mass is 10.1. The van der Waals surface area contributed by atoms with Crippen LogP contribution >= 0.6 is 0 Å². The van der Waals surface area contributed by atoms with Gasteiger partial charge in [0.25, 0.3) is 0 Å². The van der Waals surface area contributed by atoms with Crippen molar-refractivity contribution in [2.45, 2.75) is 26.6 Å². The average Bonchev–Trinajstić information content (AvgIpc) is 3.09. The van der Waals surface area contributed by atoms with Gasteiger partial charge in [-0.25, -0.2) is 4.98 Å². The first-order valence-corrected chi connectivity index (χ1v) is 8.01. The molecule has 3 aromatic rings. The third-order valence-corrected chi connectivity index (χ3v) is 4.19. The summed E-state index contributed by atoms with van der Waals surface area (Å²) >= 11 is 0. The van der Waals surface area contributed by atoms with Crippen LogP contribution < -0.4 is 5.32 Å². The summed E-state index contributed by atoms with van der Waals surface area (Å²) in [6, 6.07) is 8.41. The lowest BCUT2D eigenvalue weighted by molar-refractivity contribution is -0.141. The molecule has 0 radical (unpaired) electrons. The number of hydrogen-bond acceptors (Lipinski definition) is 3. The minimum absolute atomic E-state index is 0.0394. The molecule has 0 aliphatic carbocycles. The number of nitrogens with one attached hydrogen (secondary N) is 1. The van der Waals surface area contributed by atoms with E-state index in [1.165, 1.54) is 11.6 Å². The number of benzene rings is 1. The van der Waals surface area contributed by atoms with Crippen molar-refractivity contribution < 1.29 is 18.0 Å². The Hall–Kier alpha value is -2.84. The molecule has 1 aromatic carbocycles. The fourth-order valence-electron chi connectivity index (χ4n) is 2.67. The summed E-state index contributed by atoms with van der Waals surface area (Å²) in [4.78, 5) is 16.8. The van der Waals surface area contributed by atoms with E-state index < -0.39 is 17.8 Å². The molecule has 138 valence electrons. The molecule has 3 rings (SSSR count). The number of imidazole rings is 1. The zero-order valence-corrected chi connectivity index (χ0v) is 14.5. The van der Waals surface area contributed by atoms with E-state index in [1.54, 1.807) is 18.5 Å². The second-order valence-corrected chi connectivity index (χ2v) is 6.22. The molecule has 1 amide bonds. The highest BCUT2D eigenvalue weighted by atomic mass is 19.4. The van der Waals surface area contributed by atoms with Gasteiger partial charge in [-0.05, 0) is 25.1 Å². The summed E-state index contributed by atoms with van der Waals surface area (Å²) in [6.07, 6.45) is -4.51. The van der Waals surface area contributed by atoms with Gasteiger partial charge in [0.15, 0.2) is 5.69 Å². The summed E-state index contributed by atoms with van der Waals surface area (Å²) in [5, 5.41) is 6.28. The van der Waals surface area contributed by atoms with Gasteiger partial charge in [-0.15, -0.1) is 0 Å². The highest BCUT2D eigenvalue weighted by Crippen LogP contribution is 2.28. The number of rotatable bonds is 4. The smallest absolute Gasteiger partial charge is 0.313 e. The largest absolute Gasteiger partial charge is 0.435 e. The number of hydrogen-bond donors (Lipinski definition) is 1. The van der Waals surface area contributed by atoms with Crippen molar-refractivity contribution in [3.63, 3.8) is 0 Å². The number of halogens is 3. The van der Waals surface area contributed by atoms with Gasteiger partial charge in [0.1, 0.15) is 0 Å². The molecule has 6 nitrogen and oxygen atoms in total. The number of fused-ring (bicyclic) bond motifs is 1. The van der Waals surface area contributed by atoms with Gasteiger partial charge in [-0.2, -0.15) is 18.3 Å². The predicted octanol–water partition coefficient (Wildman–Crippen LogP) is 3.37. The lowest BCUT2D eigenvalue weighted by Crippen LogP contribution is -2.26. The number of anilines is 1. The maximum absolute atomic E-state index is 12.7. The first kappa shape index (κ1) is 18.0. The SMILES string of the molecule is Cc1cc(C(F)(F)F)nn1C[C@@H](C)C(=O)Nc1nc2ccccc2n1C. The fraction of sp³-hybridized carbons (Fsp3) is 0.353. The Labute approximate surface area is 147 Å². The van der Waals surface area contributed by atoms with Gasteiger partial charge in [0, 0.05) is 12.7 Å². The summed E-state index contributed by atoms with van der Waals surface area (Å²) in [5.41, 5.74) is 1.00. The molecule has 0 saturated carbocycles. The second kappa shape index (κ2) is 6.47. The molecule has 1 atom stereocenters. The van der Waals surface area contributed by atoms with Crippen molar-refractivity contribution in [2.75, 3.05) is 5.32 Å². The summed E-state index contributed by atoms with van der Waals surface area (Å²) in [5.74, 6) is -0.544. The number of aromatic nitrogens is 4. The molecule has 0 saturated heterocycles. The van der Waals surface area contributed by atoms with Crippen LogP contribution in [0.1, 0.15) is 18.3 Å². The number of alkyl halides is 3. The molecular weight excluding hydrogens is 347 g/mol. The van der Waals surface area contributed by atoms with Crippen LogP contribution in [0.2, 0.25) is 0 Å². The Kier molecular flexibility index (Phi) is 4.47. The Morgan fingerprint density at radius 1 is 1.31 bits per heavy atom. The van der Waals surface area contributed by atoms with E-state index in [-0.39, 0.29) is 12.5 Å². The minimum Gasteiger partial charge on any atom is -0.313 e. The number of carbonyl (C=O) groups is 1. The Balaban J connectivity index is 1.74. The molecule has 0 bridgehead atoms. The number of carbonyl (C=O) groups excluding carboxylic acids is 1. The zero-order valence-electron chi connectivity index (χ0n) is 14.5. The molecule has 9 heteroatoms. The Morgan fingerprint density at radius 2 is 2.00 bits per heavy atom.